The molecule has 1 aliphatic heterocycles. The van der Waals surface area contributed by atoms with E-state index in [2.05, 4.69) is 42.8 Å². The highest BCUT2D eigenvalue weighted by Crippen LogP contribution is 2.19. The van der Waals surface area contributed by atoms with Gasteiger partial charge < -0.3 is 4.74 Å². The summed E-state index contributed by atoms with van der Waals surface area (Å²) in [5.74, 6) is 1.98. The SMILES string of the molecule is CN1CC=C(OCc2ccccc2)CC1CS. The van der Waals surface area contributed by atoms with Gasteiger partial charge in [0.15, 0.2) is 0 Å². The van der Waals surface area contributed by atoms with E-state index in [1.807, 2.05) is 18.2 Å². The molecule has 3 heteroatoms. The molecule has 1 unspecified atom stereocenters. The molecule has 0 aromatic heterocycles. The smallest absolute Gasteiger partial charge is 0.113 e. The second kappa shape index (κ2) is 6.12. The van der Waals surface area contributed by atoms with Crippen molar-refractivity contribution in [2.75, 3.05) is 19.3 Å². The highest BCUT2D eigenvalue weighted by Gasteiger charge is 2.19. The van der Waals surface area contributed by atoms with Crippen molar-refractivity contribution in [1.82, 2.24) is 4.90 Å². The van der Waals surface area contributed by atoms with Crippen LogP contribution in [0.25, 0.3) is 0 Å². The predicted molar refractivity (Wildman–Crippen MR) is 74.2 cm³/mol. The minimum absolute atomic E-state index is 0.495. The molecule has 0 radical (unpaired) electrons. The molecule has 2 nitrogen and oxygen atoms in total. The van der Waals surface area contributed by atoms with Crippen molar-refractivity contribution in [1.29, 1.82) is 0 Å². The highest BCUT2D eigenvalue weighted by molar-refractivity contribution is 7.80. The Hall–Kier alpha value is -0.930. The molecule has 1 aliphatic rings. The minimum atomic E-state index is 0.495. The Kier molecular flexibility index (Phi) is 4.51. The zero-order chi connectivity index (χ0) is 12.1. The monoisotopic (exact) mass is 249 g/mol. The summed E-state index contributed by atoms with van der Waals surface area (Å²) in [6.45, 7) is 1.62. The van der Waals surface area contributed by atoms with Crippen molar-refractivity contribution in [3.63, 3.8) is 0 Å². The lowest BCUT2D eigenvalue weighted by Crippen LogP contribution is -2.37. The fraction of sp³-hybridized carbons (Fsp3) is 0.429. The molecule has 92 valence electrons. The Morgan fingerprint density at radius 2 is 2.12 bits per heavy atom. The summed E-state index contributed by atoms with van der Waals surface area (Å²) < 4.78 is 5.85. The van der Waals surface area contributed by atoms with E-state index in [9.17, 15) is 0 Å². The Morgan fingerprint density at radius 1 is 1.35 bits per heavy atom. The van der Waals surface area contributed by atoms with E-state index in [0.717, 1.165) is 24.5 Å². The molecule has 1 aromatic carbocycles. The Morgan fingerprint density at radius 3 is 2.82 bits per heavy atom. The van der Waals surface area contributed by atoms with Crippen molar-refractivity contribution >= 4 is 12.6 Å². The molecule has 1 aromatic rings. The van der Waals surface area contributed by atoms with E-state index in [1.54, 1.807) is 0 Å². The number of hydrogen-bond donors (Lipinski definition) is 1. The van der Waals surface area contributed by atoms with Gasteiger partial charge in [-0.3, -0.25) is 4.90 Å². The molecule has 2 rings (SSSR count). The average molecular weight is 249 g/mol. The highest BCUT2D eigenvalue weighted by atomic mass is 32.1. The van der Waals surface area contributed by atoms with Gasteiger partial charge in [-0.05, 0) is 18.7 Å². The first-order chi connectivity index (χ1) is 8.29. The van der Waals surface area contributed by atoms with Gasteiger partial charge in [0.1, 0.15) is 6.61 Å². The second-order valence-electron chi connectivity index (χ2n) is 4.42. The molecule has 0 spiro atoms. The van der Waals surface area contributed by atoms with E-state index in [0.29, 0.717) is 12.6 Å². The summed E-state index contributed by atoms with van der Waals surface area (Å²) in [6, 6.07) is 10.8. The molecule has 0 fully saturated rings. The Labute approximate surface area is 109 Å². The molecule has 1 heterocycles. The van der Waals surface area contributed by atoms with Crippen LogP contribution in [0, 0.1) is 0 Å². The third-order valence-corrected chi connectivity index (χ3v) is 3.57. The van der Waals surface area contributed by atoms with Crippen LogP contribution in [0.4, 0.5) is 0 Å². The number of ether oxygens (including phenoxy) is 1. The van der Waals surface area contributed by atoms with Crippen LogP contribution in [-0.4, -0.2) is 30.3 Å². The van der Waals surface area contributed by atoms with Crippen molar-refractivity contribution in [3.05, 3.63) is 47.7 Å². The molecule has 0 amide bonds. The van der Waals surface area contributed by atoms with Crippen LogP contribution < -0.4 is 0 Å². The molecule has 0 saturated carbocycles. The van der Waals surface area contributed by atoms with Gasteiger partial charge in [0.25, 0.3) is 0 Å². The second-order valence-corrected chi connectivity index (χ2v) is 4.79. The average Bonchev–Trinajstić information content (AvgIpc) is 2.39. The number of hydrogen-bond acceptors (Lipinski definition) is 3. The first-order valence-corrected chi connectivity index (χ1v) is 6.59. The van der Waals surface area contributed by atoms with Gasteiger partial charge in [-0.15, -0.1) is 0 Å². The topological polar surface area (TPSA) is 12.5 Å². The molecular formula is C14H19NOS. The number of rotatable bonds is 4. The van der Waals surface area contributed by atoms with E-state index in [4.69, 9.17) is 4.74 Å². The first-order valence-electron chi connectivity index (χ1n) is 5.96. The van der Waals surface area contributed by atoms with Gasteiger partial charge in [-0.2, -0.15) is 12.6 Å². The lowest BCUT2D eigenvalue weighted by molar-refractivity contribution is 0.150. The lowest BCUT2D eigenvalue weighted by atomic mass is 10.1. The summed E-state index contributed by atoms with van der Waals surface area (Å²) in [5.41, 5.74) is 1.22. The number of thiol groups is 1. The maximum absolute atomic E-state index is 5.85. The Balaban J connectivity index is 1.88. The zero-order valence-electron chi connectivity index (χ0n) is 10.2. The van der Waals surface area contributed by atoms with Gasteiger partial charge in [0.2, 0.25) is 0 Å². The largest absolute Gasteiger partial charge is 0.493 e. The fourth-order valence-corrected chi connectivity index (χ4v) is 2.35. The van der Waals surface area contributed by atoms with Gasteiger partial charge in [0.05, 0.1) is 5.76 Å². The molecule has 17 heavy (non-hydrogen) atoms. The third-order valence-electron chi connectivity index (χ3n) is 3.14. The number of benzene rings is 1. The maximum Gasteiger partial charge on any atom is 0.113 e. The Bertz CT molecular complexity index is 377. The van der Waals surface area contributed by atoms with Crippen LogP contribution in [0.1, 0.15) is 12.0 Å². The normalized spacial score (nSPS) is 21.1. The molecule has 0 saturated heterocycles. The first kappa shape index (κ1) is 12.5. The lowest BCUT2D eigenvalue weighted by Gasteiger charge is -2.30. The summed E-state index contributed by atoms with van der Waals surface area (Å²) in [4.78, 5) is 2.31. The standard InChI is InChI=1S/C14H19NOS/c1-15-8-7-14(9-13(15)11-17)16-10-12-5-3-2-4-6-12/h2-7,13,17H,8-11H2,1H3. The van der Waals surface area contributed by atoms with Crippen LogP contribution in [0.5, 0.6) is 0 Å². The van der Waals surface area contributed by atoms with Crippen LogP contribution in [0.2, 0.25) is 0 Å². The van der Waals surface area contributed by atoms with Crippen molar-refractivity contribution < 1.29 is 4.74 Å². The minimum Gasteiger partial charge on any atom is -0.493 e. The molecule has 0 N–H and O–H groups in total. The summed E-state index contributed by atoms with van der Waals surface area (Å²) in [6.07, 6.45) is 3.13. The van der Waals surface area contributed by atoms with Crippen LogP contribution >= 0.6 is 12.6 Å². The predicted octanol–water partition coefficient (Wildman–Crippen LogP) is 2.72. The molecule has 1 atom stereocenters. The van der Waals surface area contributed by atoms with Crippen molar-refractivity contribution in [2.24, 2.45) is 0 Å². The van der Waals surface area contributed by atoms with E-state index >= 15 is 0 Å². The van der Waals surface area contributed by atoms with Gasteiger partial charge in [-0.1, -0.05) is 30.3 Å². The third kappa shape index (κ3) is 3.51. The van der Waals surface area contributed by atoms with Gasteiger partial charge in [-0.25, -0.2) is 0 Å². The molecule has 0 bridgehead atoms. The summed E-state index contributed by atoms with van der Waals surface area (Å²) >= 11 is 4.38. The number of nitrogens with zero attached hydrogens (tertiary/aromatic N) is 1. The van der Waals surface area contributed by atoms with Gasteiger partial charge >= 0.3 is 0 Å². The summed E-state index contributed by atoms with van der Waals surface area (Å²) in [7, 11) is 2.13. The fourth-order valence-electron chi connectivity index (χ4n) is 1.94. The van der Waals surface area contributed by atoms with Crippen molar-refractivity contribution in [3.8, 4) is 0 Å². The van der Waals surface area contributed by atoms with Crippen molar-refractivity contribution in [2.45, 2.75) is 19.1 Å². The molecule has 0 aliphatic carbocycles. The van der Waals surface area contributed by atoms with E-state index in [-0.39, 0.29) is 0 Å². The van der Waals surface area contributed by atoms with Crippen LogP contribution in [0.15, 0.2) is 42.2 Å². The van der Waals surface area contributed by atoms with Crippen LogP contribution in [-0.2, 0) is 11.3 Å². The zero-order valence-corrected chi connectivity index (χ0v) is 11.1. The molecular weight excluding hydrogens is 230 g/mol. The summed E-state index contributed by atoms with van der Waals surface area (Å²) in [5, 5.41) is 0. The van der Waals surface area contributed by atoms with Gasteiger partial charge in [0, 0.05) is 24.8 Å². The van der Waals surface area contributed by atoms with E-state index in [1.165, 1.54) is 5.56 Å². The van der Waals surface area contributed by atoms with Crippen LogP contribution in [0.3, 0.4) is 0 Å². The quantitative estimate of drug-likeness (QED) is 0.824. The number of likely N-dealkylation sites (N-methyl/N-ethyl adjacent to an activating group) is 1. The maximum atomic E-state index is 5.85. The van der Waals surface area contributed by atoms with E-state index < -0.39 is 0 Å².